The van der Waals surface area contributed by atoms with Crippen molar-refractivity contribution in [3.05, 3.63) is 24.2 Å². The zero-order valence-electron chi connectivity index (χ0n) is 10.7. The van der Waals surface area contributed by atoms with E-state index in [-0.39, 0.29) is 6.10 Å². The number of ether oxygens (including phenoxy) is 1. The fourth-order valence-corrected chi connectivity index (χ4v) is 2.31. The van der Waals surface area contributed by atoms with Gasteiger partial charge in [0.1, 0.15) is 0 Å². The Morgan fingerprint density at radius 1 is 1.59 bits per heavy atom. The molecule has 1 aliphatic heterocycles. The Morgan fingerprint density at radius 3 is 3.12 bits per heavy atom. The highest BCUT2D eigenvalue weighted by molar-refractivity contribution is 5.08. The highest BCUT2D eigenvalue weighted by atomic mass is 16.5. The lowest BCUT2D eigenvalue weighted by Gasteiger charge is -2.35. The van der Waals surface area contributed by atoms with Gasteiger partial charge in [-0.3, -0.25) is 0 Å². The van der Waals surface area contributed by atoms with Gasteiger partial charge in [-0.15, -0.1) is 0 Å². The third-order valence-electron chi connectivity index (χ3n) is 3.25. The topological polar surface area (TPSA) is 37.6 Å². The maximum atomic E-state index is 5.88. The minimum Gasteiger partial charge on any atom is -0.472 e. The van der Waals surface area contributed by atoms with Gasteiger partial charge in [-0.25, -0.2) is 0 Å². The quantitative estimate of drug-likeness (QED) is 0.834. The number of rotatable bonds is 5. The SMILES string of the molecule is CCNC(Cc1ccoc1)C1CN(C)CCO1. The molecule has 2 unspecified atom stereocenters. The number of furan rings is 1. The van der Waals surface area contributed by atoms with Gasteiger partial charge in [-0.2, -0.15) is 0 Å². The van der Waals surface area contributed by atoms with E-state index in [1.165, 1.54) is 5.56 Å². The van der Waals surface area contributed by atoms with Crippen LogP contribution in [0.2, 0.25) is 0 Å². The summed E-state index contributed by atoms with van der Waals surface area (Å²) in [6.07, 6.45) is 4.77. The van der Waals surface area contributed by atoms with Crippen LogP contribution in [0.1, 0.15) is 12.5 Å². The molecule has 2 rings (SSSR count). The molecule has 0 spiro atoms. The molecule has 1 aromatic rings. The number of nitrogens with one attached hydrogen (secondary N) is 1. The van der Waals surface area contributed by atoms with E-state index in [9.17, 15) is 0 Å². The van der Waals surface area contributed by atoms with E-state index in [2.05, 4.69) is 24.2 Å². The molecule has 2 heterocycles. The first-order chi connectivity index (χ1) is 8.29. The Hall–Kier alpha value is -0.840. The van der Waals surface area contributed by atoms with Crippen molar-refractivity contribution >= 4 is 0 Å². The summed E-state index contributed by atoms with van der Waals surface area (Å²) in [5, 5.41) is 3.52. The Labute approximate surface area is 103 Å². The third kappa shape index (κ3) is 3.56. The molecule has 0 aromatic carbocycles. The predicted molar refractivity (Wildman–Crippen MR) is 67.1 cm³/mol. The minimum atomic E-state index is 0.267. The van der Waals surface area contributed by atoms with Crippen molar-refractivity contribution in [2.24, 2.45) is 0 Å². The molecule has 4 nitrogen and oxygen atoms in total. The van der Waals surface area contributed by atoms with Gasteiger partial charge < -0.3 is 19.4 Å². The van der Waals surface area contributed by atoms with Crippen molar-refractivity contribution in [1.29, 1.82) is 0 Å². The molecule has 0 radical (unpaired) electrons. The summed E-state index contributed by atoms with van der Waals surface area (Å²) in [6.45, 7) is 5.95. The van der Waals surface area contributed by atoms with Crippen LogP contribution in [0.3, 0.4) is 0 Å². The number of morpholine rings is 1. The molecule has 1 N–H and O–H groups in total. The zero-order valence-corrected chi connectivity index (χ0v) is 10.7. The van der Waals surface area contributed by atoms with Crippen molar-refractivity contribution in [3.63, 3.8) is 0 Å². The van der Waals surface area contributed by atoms with Crippen LogP contribution >= 0.6 is 0 Å². The van der Waals surface area contributed by atoms with Crippen LogP contribution in [-0.4, -0.2) is 50.3 Å². The fraction of sp³-hybridized carbons (Fsp3) is 0.692. The number of hydrogen-bond acceptors (Lipinski definition) is 4. The molecule has 96 valence electrons. The van der Waals surface area contributed by atoms with Crippen molar-refractivity contribution in [2.75, 3.05) is 33.3 Å². The second kappa shape index (κ2) is 6.19. The van der Waals surface area contributed by atoms with Crippen molar-refractivity contribution in [2.45, 2.75) is 25.5 Å². The maximum Gasteiger partial charge on any atom is 0.0935 e. The van der Waals surface area contributed by atoms with Gasteiger partial charge in [-0.05, 0) is 31.6 Å². The molecule has 0 bridgehead atoms. The number of nitrogens with zero attached hydrogens (tertiary/aromatic N) is 1. The highest BCUT2D eigenvalue weighted by Gasteiger charge is 2.26. The first-order valence-corrected chi connectivity index (χ1v) is 6.34. The molecule has 1 aromatic heterocycles. The second-order valence-corrected chi connectivity index (χ2v) is 4.67. The molecule has 0 aliphatic carbocycles. The van der Waals surface area contributed by atoms with Crippen LogP contribution in [0.4, 0.5) is 0 Å². The van der Waals surface area contributed by atoms with Crippen LogP contribution in [0, 0.1) is 0 Å². The van der Waals surface area contributed by atoms with Crippen LogP contribution in [0.15, 0.2) is 23.0 Å². The van der Waals surface area contributed by atoms with E-state index < -0.39 is 0 Å². The summed E-state index contributed by atoms with van der Waals surface area (Å²) < 4.78 is 11.0. The van der Waals surface area contributed by atoms with E-state index in [1.54, 1.807) is 6.26 Å². The summed E-state index contributed by atoms with van der Waals surface area (Å²) in [4.78, 5) is 2.33. The predicted octanol–water partition coefficient (Wildman–Crippen LogP) is 1.13. The first-order valence-electron chi connectivity index (χ1n) is 6.34. The summed E-state index contributed by atoms with van der Waals surface area (Å²) in [6, 6.07) is 2.39. The molecule has 0 saturated carbocycles. The Morgan fingerprint density at radius 2 is 2.47 bits per heavy atom. The highest BCUT2D eigenvalue weighted by Crippen LogP contribution is 2.13. The number of likely N-dealkylation sites (N-methyl/N-ethyl adjacent to an activating group) is 2. The van der Waals surface area contributed by atoms with Gasteiger partial charge in [0.2, 0.25) is 0 Å². The zero-order chi connectivity index (χ0) is 12.1. The van der Waals surface area contributed by atoms with Crippen molar-refractivity contribution in [1.82, 2.24) is 10.2 Å². The first kappa shape index (κ1) is 12.6. The van der Waals surface area contributed by atoms with Gasteiger partial charge in [0.25, 0.3) is 0 Å². The fourth-order valence-electron chi connectivity index (χ4n) is 2.31. The van der Waals surface area contributed by atoms with Crippen LogP contribution in [0.5, 0.6) is 0 Å². The average Bonchev–Trinajstić information content (AvgIpc) is 2.81. The Kier molecular flexibility index (Phi) is 4.59. The van der Waals surface area contributed by atoms with Crippen molar-refractivity contribution < 1.29 is 9.15 Å². The van der Waals surface area contributed by atoms with Gasteiger partial charge in [-0.1, -0.05) is 6.92 Å². The van der Waals surface area contributed by atoms with Crippen LogP contribution in [0.25, 0.3) is 0 Å². The minimum absolute atomic E-state index is 0.267. The molecule has 1 fully saturated rings. The monoisotopic (exact) mass is 238 g/mol. The molecule has 1 aliphatic rings. The Bertz CT molecular complexity index is 313. The van der Waals surface area contributed by atoms with Gasteiger partial charge in [0.15, 0.2) is 0 Å². The summed E-state index contributed by atoms with van der Waals surface area (Å²) in [5.74, 6) is 0. The molecule has 1 saturated heterocycles. The molecule has 17 heavy (non-hydrogen) atoms. The molecule has 0 amide bonds. The van der Waals surface area contributed by atoms with Crippen LogP contribution in [-0.2, 0) is 11.2 Å². The maximum absolute atomic E-state index is 5.88. The normalized spacial score (nSPS) is 23.8. The van der Waals surface area contributed by atoms with Gasteiger partial charge >= 0.3 is 0 Å². The van der Waals surface area contributed by atoms with Gasteiger partial charge in [0, 0.05) is 19.1 Å². The molecule has 4 heteroatoms. The standard InChI is InChI=1S/C13H22N2O2/c1-3-14-12(8-11-4-6-16-10-11)13-9-15(2)5-7-17-13/h4,6,10,12-14H,3,5,7-9H2,1-2H3. The van der Waals surface area contributed by atoms with Gasteiger partial charge in [0.05, 0.1) is 25.2 Å². The summed E-state index contributed by atoms with van der Waals surface area (Å²) >= 11 is 0. The lowest BCUT2D eigenvalue weighted by Crippen LogP contribution is -2.52. The molecular formula is C13H22N2O2. The lowest BCUT2D eigenvalue weighted by molar-refractivity contribution is -0.0381. The van der Waals surface area contributed by atoms with E-state index in [0.717, 1.165) is 32.7 Å². The van der Waals surface area contributed by atoms with Crippen molar-refractivity contribution in [3.8, 4) is 0 Å². The van der Waals surface area contributed by atoms with Crippen LogP contribution < -0.4 is 5.32 Å². The largest absolute Gasteiger partial charge is 0.472 e. The van der Waals surface area contributed by atoms with E-state index in [4.69, 9.17) is 9.15 Å². The smallest absolute Gasteiger partial charge is 0.0935 e. The summed E-state index contributed by atoms with van der Waals surface area (Å²) in [7, 11) is 2.15. The number of hydrogen-bond donors (Lipinski definition) is 1. The lowest BCUT2D eigenvalue weighted by atomic mass is 10.0. The Balaban J connectivity index is 1.95. The molecule has 2 atom stereocenters. The average molecular weight is 238 g/mol. The second-order valence-electron chi connectivity index (χ2n) is 4.67. The van der Waals surface area contributed by atoms with E-state index in [0.29, 0.717) is 6.04 Å². The van der Waals surface area contributed by atoms with E-state index >= 15 is 0 Å². The third-order valence-corrected chi connectivity index (χ3v) is 3.25. The van der Waals surface area contributed by atoms with E-state index in [1.807, 2.05) is 12.3 Å². The molecular weight excluding hydrogens is 216 g/mol. The summed E-state index contributed by atoms with van der Waals surface area (Å²) in [5.41, 5.74) is 1.23.